The minimum Gasteiger partial charge on any atom is -0.492 e. The monoisotopic (exact) mass is 365 g/mol. The normalized spacial score (nSPS) is 16.8. The SMILES string of the molecule is O=C(Nc1cc(Br)ccc1Cl)C1COc2ccccc2C1. The quantitative estimate of drug-likeness (QED) is 0.861. The van der Waals surface area contributed by atoms with E-state index in [1.807, 2.05) is 30.3 Å². The first kappa shape index (κ1) is 14.4. The Balaban J connectivity index is 1.74. The molecule has 0 saturated carbocycles. The molecule has 0 spiro atoms. The lowest BCUT2D eigenvalue weighted by Gasteiger charge is -2.24. The third-order valence-electron chi connectivity index (χ3n) is 3.44. The van der Waals surface area contributed by atoms with Gasteiger partial charge in [-0.15, -0.1) is 0 Å². The van der Waals surface area contributed by atoms with Gasteiger partial charge in [-0.25, -0.2) is 0 Å². The maximum atomic E-state index is 12.4. The van der Waals surface area contributed by atoms with E-state index in [1.54, 1.807) is 12.1 Å². The molecule has 1 aliphatic heterocycles. The summed E-state index contributed by atoms with van der Waals surface area (Å²) in [4.78, 5) is 12.4. The van der Waals surface area contributed by atoms with E-state index < -0.39 is 0 Å². The molecule has 1 N–H and O–H groups in total. The highest BCUT2D eigenvalue weighted by Crippen LogP contribution is 2.29. The van der Waals surface area contributed by atoms with Gasteiger partial charge in [0.05, 0.1) is 16.6 Å². The maximum Gasteiger partial charge on any atom is 0.231 e. The standard InChI is InChI=1S/C16H13BrClNO2/c17-12-5-6-13(18)14(8-12)19-16(20)11-7-10-3-1-2-4-15(10)21-9-11/h1-6,8,11H,7,9H2,(H,19,20). The number of ether oxygens (including phenoxy) is 1. The van der Waals surface area contributed by atoms with Crippen LogP contribution in [0.2, 0.25) is 5.02 Å². The number of para-hydroxylation sites is 1. The van der Waals surface area contributed by atoms with E-state index in [0.717, 1.165) is 15.8 Å². The second-order valence-corrected chi connectivity index (χ2v) is 6.26. The zero-order chi connectivity index (χ0) is 14.8. The van der Waals surface area contributed by atoms with Crippen LogP contribution in [0.5, 0.6) is 5.75 Å². The molecule has 21 heavy (non-hydrogen) atoms. The molecule has 3 rings (SSSR count). The average Bonchev–Trinajstić information content (AvgIpc) is 2.50. The number of halogens is 2. The van der Waals surface area contributed by atoms with Gasteiger partial charge in [-0.1, -0.05) is 45.7 Å². The number of hydrogen-bond donors (Lipinski definition) is 1. The largest absolute Gasteiger partial charge is 0.492 e. The van der Waals surface area contributed by atoms with Crippen LogP contribution in [0.1, 0.15) is 5.56 Å². The summed E-state index contributed by atoms with van der Waals surface area (Å²) in [6, 6.07) is 13.2. The molecule has 1 aliphatic rings. The average molecular weight is 367 g/mol. The number of hydrogen-bond acceptors (Lipinski definition) is 2. The highest BCUT2D eigenvalue weighted by molar-refractivity contribution is 9.10. The summed E-state index contributed by atoms with van der Waals surface area (Å²) >= 11 is 9.46. The number of fused-ring (bicyclic) bond motifs is 1. The van der Waals surface area contributed by atoms with Crippen LogP contribution in [-0.2, 0) is 11.2 Å². The van der Waals surface area contributed by atoms with E-state index in [1.165, 1.54) is 0 Å². The Hall–Kier alpha value is -1.52. The lowest BCUT2D eigenvalue weighted by Crippen LogP contribution is -2.32. The minimum atomic E-state index is -0.213. The summed E-state index contributed by atoms with van der Waals surface area (Å²) in [5.41, 5.74) is 1.67. The molecule has 1 heterocycles. The fraction of sp³-hybridized carbons (Fsp3) is 0.188. The molecule has 0 bridgehead atoms. The number of benzene rings is 2. The molecular weight excluding hydrogens is 354 g/mol. The Morgan fingerprint density at radius 3 is 2.95 bits per heavy atom. The smallest absolute Gasteiger partial charge is 0.231 e. The molecule has 0 fully saturated rings. The second kappa shape index (κ2) is 6.08. The van der Waals surface area contributed by atoms with Gasteiger partial charge in [-0.3, -0.25) is 4.79 Å². The van der Waals surface area contributed by atoms with Crippen LogP contribution in [0.15, 0.2) is 46.9 Å². The van der Waals surface area contributed by atoms with Crippen LogP contribution in [0.4, 0.5) is 5.69 Å². The highest BCUT2D eigenvalue weighted by atomic mass is 79.9. The van der Waals surface area contributed by atoms with Crippen molar-refractivity contribution in [1.29, 1.82) is 0 Å². The van der Waals surface area contributed by atoms with Gasteiger partial charge < -0.3 is 10.1 Å². The van der Waals surface area contributed by atoms with Gasteiger partial charge in [0.15, 0.2) is 0 Å². The van der Waals surface area contributed by atoms with Gasteiger partial charge in [0, 0.05) is 4.47 Å². The lowest BCUT2D eigenvalue weighted by molar-refractivity contribution is -0.121. The molecule has 2 aromatic carbocycles. The molecule has 5 heteroatoms. The van der Waals surface area contributed by atoms with Crippen LogP contribution in [-0.4, -0.2) is 12.5 Å². The summed E-state index contributed by atoms with van der Waals surface area (Å²) in [5, 5.41) is 3.39. The van der Waals surface area contributed by atoms with Gasteiger partial charge in [0.1, 0.15) is 12.4 Å². The van der Waals surface area contributed by atoms with Gasteiger partial charge in [-0.2, -0.15) is 0 Å². The first-order valence-electron chi connectivity index (χ1n) is 6.60. The van der Waals surface area contributed by atoms with Crippen LogP contribution >= 0.6 is 27.5 Å². The molecule has 108 valence electrons. The molecule has 0 aliphatic carbocycles. The molecule has 3 nitrogen and oxygen atoms in total. The third kappa shape index (κ3) is 3.22. The first-order valence-corrected chi connectivity index (χ1v) is 7.77. The molecule has 2 aromatic rings. The Morgan fingerprint density at radius 2 is 2.10 bits per heavy atom. The highest BCUT2D eigenvalue weighted by Gasteiger charge is 2.26. The van der Waals surface area contributed by atoms with Crippen molar-refractivity contribution in [2.75, 3.05) is 11.9 Å². The first-order chi connectivity index (χ1) is 10.1. The molecule has 0 saturated heterocycles. The van der Waals surface area contributed by atoms with E-state index in [-0.39, 0.29) is 11.8 Å². The number of amides is 1. The van der Waals surface area contributed by atoms with Crippen molar-refractivity contribution in [2.24, 2.45) is 5.92 Å². The van der Waals surface area contributed by atoms with Gasteiger partial charge in [-0.05, 0) is 36.2 Å². The zero-order valence-corrected chi connectivity index (χ0v) is 13.4. The summed E-state index contributed by atoms with van der Waals surface area (Å²) in [6.07, 6.45) is 0.674. The van der Waals surface area contributed by atoms with Crippen molar-refractivity contribution in [3.05, 3.63) is 57.5 Å². The third-order valence-corrected chi connectivity index (χ3v) is 4.26. The fourth-order valence-electron chi connectivity index (χ4n) is 2.32. The molecule has 1 atom stereocenters. The van der Waals surface area contributed by atoms with Crippen molar-refractivity contribution < 1.29 is 9.53 Å². The summed E-state index contributed by atoms with van der Waals surface area (Å²) in [7, 11) is 0. The Kier molecular flexibility index (Phi) is 4.17. The van der Waals surface area contributed by atoms with Crippen LogP contribution in [0.3, 0.4) is 0 Å². The Labute approximate surface area is 136 Å². The molecular formula is C16H13BrClNO2. The predicted octanol–water partition coefficient (Wildman–Crippen LogP) is 4.29. The Bertz CT molecular complexity index is 690. The topological polar surface area (TPSA) is 38.3 Å². The van der Waals surface area contributed by atoms with Gasteiger partial charge in [0.25, 0.3) is 0 Å². The zero-order valence-electron chi connectivity index (χ0n) is 11.1. The maximum absolute atomic E-state index is 12.4. The van der Waals surface area contributed by atoms with Crippen molar-refractivity contribution >= 4 is 39.1 Å². The van der Waals surface area contributed by atoms with Crippen molar-refractivity contribution in [1.82, 2.24) is 0 Å². The molecule has 0 aromatic heterocycles. The number of carbonyl (C=O) groups excluding carboxylic acids is 1. The molecule has 1 unspecified atom stereocenters. The number of anilines is 1. The van der Waals surface area contributed by atoms with Crippen molar-refractivity contribution in [3.63, 3.8) is 0 Å². The predicted molar refractivity (Wildman–Crippen MR) is 86.9 cm³/mol. The van der Waals surface area contributed by atoms with Crippen LogP contribution in [0.25, 0.3) is 0 Å². The van der Waals surface area contributed by atoms with E-state index in [4.69, 9.17) is 16.3 Å². The minimum absolute atomic E-state index is 0.0792. The number of rotatable bonds is 2. The number of nitrogens with one attached hydrogen (secondary N) is 1. The van der Waals surface area contributed by atoms with E-state index >= 15 is 0 Å². The summed E-state index contributed by atoms with van der Waals surface area (Å²) in [6.45, 7) is 0.383. The second-order valence-electron chi connectivity index (χ2n) is 4.93. The van der Waals surface area contributed by atoms with Crippen molar-refractivity contribution in [3.8, 4) is 5.75 Å². The molecule has 0 radical (unpaired) electrons. The van der Waals surface area contributed by atoms with E-state index in [9.17, 15) is 4.79 Å². The molecule has 1 amide bonds. The lowest BCUT2D eigenvalue weighted by atomic mass is 9.96. The van der Waals surface area contributed by atoms with Gasteiger partial charge >= 0.3 is 0 Å². The summed E-state index contributed by atoms with van der Waals surface area (Å²) in [5.74, 6) is 0.571. The van der Waals surface area contributed by atoms with Crippen LogP contribution < -0.4 is 10.1 Å². The fourth-order valence-corrected chi connectivity index (χ4v) is 2.85. The van der Waals surface area contributed by atoms with Gasteiger partial charge in [0.2, 0.25) is 5.91 Å². The van der Waals surface area contributed by atoms with E-state index in [0.29, 0.717) is 23.7 Å². The Morgan fingerprint density at radius 1 is 1.29 bits per heavy atom. The van der Waals surface area contributed by atoms with Crippen LogP contribution in [0, 0.1) is 5.92 Å². The number of carbonyl (C=O) groups is 1. The van der Waals surface area contributed by atoms with E-state index in [2.05, 4.69) is 21.2 Å². The van der Waals surface area contributed by atoms with Crippen molar-refractivity contribution in [2.45, 2.75) is 6.42 Å². The summed E-state index contributed by atoms with van der Waals surface area (Å²) < 4.78 is 6.51.